The second-order valence-corrected chi connectivity index (χ2v) is 7.52. The first-order chi connectivity index (χ1) is 12.5. The van der Waals surface area contributed by atoms with Crippen molar-refractivity contribution < 1.29 is 14.3 Å². The lowest BCUT2D eigenvalue weighted by molar-refractivity contribution is -0.130. The molecule has 0 bridgehead atoms. The Kier molecular flexibility index (Phi) is 5.64. The summed E-state index contributed by atoms with van der Waals surface area (Å²) in [4.78, 5) is 12.3. The van der Waals surface area contributed by atoms with Gasteiger partial charge in [0.2, 0.25) is 5.91 Å². The second-order valence-electron chi connectivity index (χ2n) is 7.09. The molecular formula is C21H23ClFNO2. The highest BCUT2D eigenvalue weighted by Crippen LogP contribution is 2.36. The first kappa shape index (κ1) is 18.9. The third-order valence-corrected chi connectivity index (χ3v) is 5.40. The molecular weight excluding hydrogens is 353 g/mol. The van der Waals surface area contributed by atoms with Gasteiger partial charge >= 0.3 is 0 Å². The van der Waals surface area contributed by atoms with Gasteiger partial charge in [-0.25, -0.2) is 4.39 Å². The van der Waals surface area contributed by atoms with E-state index in [4.69, 9.17) is 11.6 Å². The van der Waals surface area contributed by atoms with Gasteiger partial charge in [0, 0.05) is 16.6 Å². The molecule has 138 valence electrons. The summed E-state index contributed by atoms with van der Waals surface area (Å²) in [5.74, 6) is -0.359. The zero-order valence-corrected chi connectivity index (χ0v) is 15.5. The maximum Gasteiger partial charge on any atom is 0.228 e. The average molecular weight is 376 g/mol. The van der Waals surface area contributed by atoms with Crippen LogP contribution in [-0.4, -0.2) is 23.7 Å². The molecule has 2 N–H and O–H groups in total. The molecule has 1 heterocycles. The standard InChI is InChI=1S/C21H23ClFNO2/c1-2-9-21(13-25)12-17(24-20(21)26)10-14-3-5-15(6-4-14)18-11-16(22)7-8-19(18)23/h3-8,11,17,25H,2,9-10,12-13H2,1H3,(H,24,26)/t17-,21?/m1/s1. The summed E-state index contributed by atoms with van der Waals surface area (Å²) < 4.78 is 14.0. The zero-order valence-electron chi connectivity index (χ0n) is 14.8. The van der Waals surface area contributed by atoms with Gasteiger partial charge < -0.3 is 10.4 Å². The minimum Gasteiger partial charge on any atom is -0.395 e. The third-order valence-electron chi connectivity index (χ3n) is 5.16. The van der Waals surface area contributed by atoms with Gasteiger partial charge in [0.15, 0.2) is 0 Å². The zero-order chi connectivity index (χ0) is 18.7. The van der Waals surface area contributed by atoms with Gasteiger partial charge in [-0.15, -0.1) is 0 Å². The summed E-state index contributed by atoms with van der Waals surface area (Å²) in [6.07, 6.45) is 2.88. The Balaban J connectivity index is 1.72. The lowest BCUT2D eigenvalue weighted by Crippen LogP contribution is -2.35. The van der Waals surface area contributed by atoms with Crippen molar-refractivity contribution in [1.29, 1.82) is 0 Å². The maximum absolute atomic E-state index is 14.0. The minimum atomic E-state index is -0.650. The van der Waals surface area contributed by atoms with Crippen molar-refractivity contribution >= 4 is 17.5 Å². The van der Waals surface area contributed by atoms with Crippen molar-refractivity contribution in [2.75, 3.05) is 6.61 Å². The van der Waals surface area contributed by atoms with Crippen LogP contribution in [0, 0.1) is 11.2 Å². The van der Waals surface area contributed by atoms with Crippen molar-refractivity contribution in [3.63, 3.8) is 0 Å². The van der Waals surface area contributed by atoms with Crippen LogP contribution < -0.4 is 5.32 Å². The molecule has 0 aromatic heterocycles. The van der Waals surface area contributed by atoms with Crippen molar-refractivity contribution in [2.24, 2.45) is 5.41 Å². The van der Waals surface area contributed by atoms with Gasteiger partial charge in [-0.1, -0.05) is 49.2 Å². The molecule has 26 heavy (non-hydrogen) atoms. The molecule has 0 spiro atoms. The largest absolute Gasteiger partial charge is 0.395 e. The molecule has 3 nitrogen and oxygen atoms in total. The summed E-state index contributed by atoms with van der Waals surface area (Å²) in [6, 6.07) is 12.1. The van der Waals surface area contributed by atoms with Gasteiger partial charge in [-0.3, -0.25) is 4.79 Å². The van der Waals surface area contributed by atoms with Gasteiger partial charge in [0.05, 0.1) is 12.0 Å². The first-order valence-electron chi connectivity index (χ1n) is 8.93. The van der Waals surface area contributed by atoms with Gasteiger partial charge in [-0.2, -0.15) is 0 Å². The van der Waals surface area contributed by atoms with E-state index < -0.39 is 5.41 Å². The molecule has 0 aliphatic carbocycles. The third kappa shape index (κ3) is 3.76. The van der Waals surface area contributed by atoms with E-state index >= 15 is 0 Å². The second kappa shape index (κ2) is 7.77. The molecule has 5 heteroatoms. The van der Waals surface area contributed by atoms with E-state index in [1.165, 1.54) is 12.1 Å². The van der Waals surface area contributed by atoms with Crippen molar-refractivity contribution in [3.8, 4) is 11.1 Å². The molecule has 0 saturated carbocycles. The molecule has 2 atom stereocenters. The number of amides is 1. The summed E-state index contributed by atoms with van der Waals surface area (Å²) >= 11 is 5.96. The van der Waals surface area contributed by atoms with Crippen LogP contribution >= 0.6 is 11.6 Å². The van der Waals surface area contributed by atoms with Gasteiger partial charge in [0.25, 0.3) is 0 Å². The molecule has 3 rings (SSSR count). The number of carbonyl (C=O) groups is 1. The number of halogens is 2. The fourth-order valence-electron chi connectivity index (χ4n) is 3.81. The van der Waals surface area contributed by atoms with Crippen LogP contribution in [0.3, 0.4) is 0 Å². The molecule has 1 aliphatic rings. The molecule has 2 aromatic rings. The topological polar surface area (TPSA) is 49.3 Å². The Bertz CT molecular complexity index is 793. The summed E-state index contributed by atoms with van der Waals surface area (Å²) in [6.45, 7) is 1.90. The predicted octanol–water partition coefficient (Wildman–Crippen LogP) is 4.36. The first-order valence-corrected chi connectivity index (χ1v) is 9.31. The SMILES string of the molecule is CCCC1(CO)C[C@@H](Cc2ccc(-c3cc(Cl)ccc3F)cc2)NC1=O. The molecule has 1 saturated heterocycles. The van der Waals surface area contributed by atoms with Crippen LogP contribution in [0.1, 0.15) is 31.7 Å². The number of aliphatic hydroxyl groups is 1. The normalized spacial score (nSPS) is 22.5. The van der Waals surface area contributed by atoms with Gasteiger partial charge in [0.1, 0.15) is 5.82 Å². The quantitative estimate of drug-likeness (QED) is 0.788. The Morgan fingerprint density at radius 2 is 2.00 bits per heavy atom. The highest BCUT2D eigenvalue weighted by Gasteiger charge is 2.45. The molecule has 1 unspecified atom stereocenters. The Hall–Kier alpha value is -1.91. The van der Waals surface area contributed by atoms with E-state index in [9.17, 15) is 14.3 Å². The van der Waals surface area contributed by atoms with Crippen LogP contribution in [0.15, 0.2) is 42.5 Å². The highest BCUT2D eigenvalue weighted by atomic mass is 35.5. The van der Waals surface area contributed by atoms with E-state index in [-0.39, 0.29) is 24.4 Å². The summed E-state index contributed by atoms with van der Waals surface area (Å²) in [5.41, 5.74) is 1.65. The van der Waals surface area contributed by atoms with Crippen molar-refractivity contribution in [1.82, 2.24) is 5.32 Å². The average Bonchev–Trinajstić information content (AvgIpc) is 2.94. The molecule has 1 amide bonds. The fraction of sp³-hybridized carbons (Fsp3) is 0.381. The maximum atomic E-state index is 14.0. The smallest absolute Gasteiger partial charge is 0.228 e. The molecule has 2 aromatic carbocycles. The van der Waals surface area contributed by atoms with Crippen LogP contribution in [0.4, 0.5) is 4.39 Å². The van der Waals surface area contributed by atoms with E-state index in [1.54, 1.807) is 6.07 Å². The van der Waals surface area contributed by atoms with Crippen LogP contribution in [0.25, 0.3) is 11.1 Å². The Morgan fingerprint density at radius 3 is 2.65 bits per heavy atom. The predicted molar refractivity (Wildman–Crippen MR) is 102 cm³/mol. The van der Waals surface area contributed by atoms with E-state index in [2.05, 4.69) is 5.32 Å². The lowest BCUT2D eigenvalue weighted by Gasteiger charge is -2.22. The van der Waals surface area contributed by atoms with Crippen LogP contribution in [-0.2, 0) is 11.2 Å². The molecule has 1 aliphatic heterocycles. The molecule has 1 fully saturated rings. The number of nitrogens with one attached hydrogen (secondary N) is 1. The number of rotatable bonds is 6. The monoisotopic (exact) mass is 375 g/mol. The Morgan fingerprint density at radius 1 is 1.27 bits per heavy atom. The lowest BCUT2D eigenvalue weighted by atomic mass is 9.80. The van der Waals surface area contributed by atoms with Gasteiger partial charge in [-0.05, 0) is 48.6 Å². The number of carbonyl (C=O) groups excluding carboxylic acids is 1. The molecule has 0 radical (unpaired) electrons. The Labute approximate surface area is 158 Å². The van der Waals surface area contributed by atoms with E-state index in [0.717, 1.165) is 17.5 Å². The fourth-order valence-corrected chi connectivity index (χ4v) is 3.98. The van der Waals surface area contributed by atoms with Crippen molar-refractivity contribution in [2.45, 2.75) is 38.6 Å². The van der Waals surface area contributed by atoms with E-state index in [0.29, 0.717) is 29.8 Å². The minimum absolute atomic E-state index is 0.00922. The highest BCUT2D eigenvalue weighted by molar-refractivity contribution is 6.30. The van der Waals surface area contributed by atoms with E-state index in [1.807, 2.05) is 31.2 Å². The summed E-state index contributed by atoms with van der Waals surface area (Å²) in [7, 11) is 0. The number of hydrogen-bond acceptors (Lipinski definition) is 2. The number of hydrogen-bond donors (Lipinski definition) is 2. The van der Waals surface area contributed by atoms with Crippen LogP contribution in [0.2, 0.25) is 5.02 Å². The number of benzene rings is 2. The van der Waals surface area contributed by atoms with Crippen molar-refractivity contribution in [3.05, 3.63) is 58.9 Å². The van der Waals surface area contributed by atoms with Crippen LogP contribution in [0.5, 0.6) is 0 Å². The number of aliphatic hydroxyl groups excluding tert-OH is 1. The summed E-state index contributed by atoms with van der Waals surface area (Å²) in [5, 5.41) is 13.2.